The van der Waals surface area contributed by atoms with E-state index in [-0.39, 0.29) is 16.5 Å². The molecule has 31 heavy (non-hydrogen) atoms. The van der Waals surface area contributed by atoms with Crippen molar-refractivity contribution < 1.29 is 16.5 Å². The van der Waals surface area contributed by atoms with Gasteiger partial charge in [0.25, 0.3) is 0 Å². The molecule has 0 saturated carbocycles. The molecule has 2 saturated heterocycles. The van der Waals surface area contributed by atoms with Crippen molar-refractivity contribution in [3.05, 3.63) is 60.7 Å². The topological polar surface area (TPSA) is 13.0 Å². The zero-order valence-corrected chi connectivity index (χ0v) is 22.2. The maximum absolute atomic E-state index is 4.30. The van der Waals surface area contributed by atoms with E-state index in [1.807, 2.05) is 0 Å². The molecular formula is C22H32N4NiS4+6. The summed E-state index contributed by atoms with van der Waals surface area (Å²) < 4.78 is 1.87. The zero-order valence-electron chi connectivity index (χ0n) is 17.4. The molecule has 0 aromatic heterocycles. The fraction of sp³-hybridized carbons (Fsp3) is 0.364. The summed E-state index contributed by atoms with van der Waals surface area (Å²) in [5.41, 5.74) is 2.62. The molecule has 9 heteroatoms. The van der Waals surface area contributed by atoms with Crippen LogP contribution in [-0.2, 0) is 66.2 Å². The van der Waals surface area contributed by atoms with Crippen LogP contribution < -0.4 is 9.80 Å². The minimum Gasteiger partial charge on any atom is -0.369 e. The molecule has 0 radical (unpaired) electrons. The summed E-state index contributed by atoms with van der Waals surface area (Å²) in [6.45, 7) is 8.32. The molecule has 2 heterocycles. The molecule has 0 bridgehead atoms. The maximum atomic E-state index is 4.30. The van der Waals surface area contributed by atoms with Crippen molar-refractivity contribution >= 4 is 69.7 Å². The van der Waals surface area contributed by atoms with Gasteiger partial charge in [0, 0.05) is 63.7 Å². The number of nitrogens with zero attached hydrogens (tertiary/aromatic N) is 4. The minimum absolute atomic E-state index is 0. The quantitative estimate of drug-likeness (QED) is 0.237. The van der Waals surface area contributed by atoms with Crippen LogP contribution in [0.3, 0.4) is 0 Å². The molecule has 0 N–H and O–H groups in total. The van der Waals surface area contributed by atoms with Crippen molar-refractivity contribution in [1.82, 2.24) is 9.80 Å². The predicted molar refractivity (Wildman–Crippen MR) is 148 cm³/mol. The Balaban J connectivity index is 0.000000213. The van der Waals surface area contributed by atoms with Crippen molar-refractivity contribution in [2.75, 3.05) is 62.2 Å². The Morgan fingerprint density at radius 1 is 0.548 bits per heavy atom. The Morgan fingerprint density at radius 3 is 1.10 bits per heavy atom. The first-order valence-electron chi connectivity index (χ1n) is 10.2. The van der Waals surface area contributed by atoms with Gasteiger partial charge in [0.2, 0.25) is 24.4 Å². The Bertz CT molecular complexity index is 739. The van der Waals surface area contributed by atoms with Gasteiger partial charge in [-0.05, 0) is 24.3 Å². The molecule has 0 spiro atoms. The van der Waals surface area contributed by atoms with Gasteiger partial charge in [-0.25, -0.2) is 0 Å². The number of hydrogen-bond donors (Lipinski definition) is 0. The van der Waals surface area contributed by atoms with E-state index in [1.165, 1.54) is 11.4 Å². The van der Waals surface area contributed by atoms with Crippen LogP contribution >= 0.6 is 0 Å². The molecule has 168 valence electrons. The third-order valence-electron chi connectivity index (χ3n) is 5.40. The Kier molecular flexibility index (Phi) is 11.8. The van der Waals surface area contributed by atoms with E-state index in [1.54, 1.807) is 0 Å². The van der Waals surface area contributed by atoms with E-state index >= 15 is 0 Å². The number of anilines is 2. The van der Waals surface area contributed by atoms with Crippen molar-refractivity contribution in [3.8, 4) is 0 Å². The van der Waals surface area contributed by atoms with Crippen LogP contribution in [0.25, 0.3) is 0 Å². The number of hydrogen-bond acceptors (Lipinski definition) is 2. The summed E-state index contributed by atoms with van der Waals surface area (Å²) in [5, 5.41) is 0. The van der Waals surface area contributed by atoms with E-state index in [4.69, 9.17) is 0 Å². The summed E-state index contributed by atoms with van der Waals surface area (Å²) in [7, 11) is 0. The van der Waals surface area contributed by atoms with Gasteiger partial charge >= 0.3 is 25.1 Å². The van der Waals surface area contributed by atoms with Crippen molar-refractivity contribution in [1.29, 1.82) is 0 Å². The molecule has 0 atom stereocenters. The van der Waals surface area contributed by atoms with Gasteiger partial charge in [0.15, 0.2) is 0 Å². The van der Waals surface area contributed by atoms with Crippen molar-refractivity contribution in [2.24, 2.45) is 0 Å². The number of rotatable bonds is 2. The van der Waals surface area contributed by atoms with E-state index < -0.39 is 0 Å². The summed E-state index contributed by atoms with van der Waals surface area (Å²) in [5.74, 6) is 0. The van der Waals surface area contributed by atoms with E-state index in [0.29, 0.717) is 0 Å². The third kappa shape index (κ3) is 8.32. The minimum atomic E-state index is 0. The molecule has 4 rings (SSSR count). The van der Waals surface area contributed by atoms with Gasteiger partial charge in [-0.1, -0.05) is 36.4 Å². The molecule has 2 fully saturated rings. The fourth-order valence-corrected chi connectivity index (χ4v) is 4.48. The molecular weight excluding hydrogens is 507 g/mol. The average Bonchev–Trinajstić information content (AvgIpc) is 2.81. The largest absolute Gasteiger partial charge is 2.00 e. The molecule has 0 amide bonds. The second kappa shape index (κ2) is 13.8. The van der Waals surface area contributed by atoms with Crippen LogP contribution in [0.5, 0.6) is 0 Å². The molecule has 2 aromatic carbocycles. The van der Waals surface area contributed by atoms with E-state index in [2.05, 4.69) is 130 Å². The second-order valence-corrected chi connectivity index (χ2v) is 9.90. The van der Waals surface area contributed by atoms with Gasteiger partial charge in [-0.2, -0.15) is 9.80 Å². The van der Waals surface area contributed by atoms with Crippen LogP contribution in [0.1, 0.15) is 0 Å². The SMILES string of the molecule is [Ni+2].[SH+]=C([SH2+])N1CCN(c2ccccc2)CC1.[SH+]=C([SH2+])N1CCN(c2ccccc2)CC1. The van der Waals surface area contributed by atoms with Crippen LogP contribution in [-0.4, -0.2) is 70.8 Å². The number of piperazine rings is 2. The summed E-state index contributed by atoms with van der Waals surface area (Å²) in [6.07, 6.45) is 0. The molecule has 2 aromatic rings. The Hall–Kier alpha value is -0.666. The van der Waals surface area contributed by atoms with Crippen molar-refractivity contribution in [3.63, 3.8) is 0 Å². The Morgan fingerprint density at radius 2 is 0.839 bits per heavy atom. The maximum Gasteiger partial charge on any atom is 2.00 e. The monoisotopic (exact) mass is 538 g/mol. The first kappa shape index (κ1) is 26.6. The first-order valence-corrected chi connectivity index (χ1v) is 12.1. The molecule has 2 aliphatic heterocycles. The number of thiol groups is 2. The summed E-state index contributed by atoms with van der Waals surface area (Å²) in [6, 6.07) is 21.1. The fourth-order valence-electron chi connectivity index (χ4n) is 3.63. The van der Waals surface area contributed by atoms with Gasteiger partial charge in [-0.3, -0.25) is 0 Å². The van der Waals surface area contributed by atoms with Crippen LogP contribution in [0.2, 0.25) is 0 Å². The zero-order chi connectivity index (χ0) is 21.3. The van der Waals surface area contributed by atoms with E-state index in [9.17, 15) is 0 Å². The summed E-state index contributed by atoms with van der Waals surface area (Å²) >= 11 is 15.5. The van der Waals surface area contributed by atoms with Gasteiger partial charge < -0.3 is 9.80 Å². The van der Waals surface area contributed by atoms with Crippen LogP contribution in [0, 0.1) is 0 Å². The van der Waals surface area contributed by atoms with Gasteiger partial charge in [-0.15, -0.1) is 0 Å². The summed E-state index contributed by atoms with van der Waals surface area (Å²) in [4.78, 5) is 9.28. The molecule has 2 aliphatic rings. The van der Waals surface area contributed by atoms with Crippen molar-refractivity contribution in [2.45, 2.75) is 0 Å². The van der Waals surface area contributed by atoms with Gasteiger partial charge in [0.1, 0.15) is 0 Å². The number of para-hydroxylation sites is 2. The Labute approximate surface area is 217 Å². The normalized spacial score (nSPS) is 17.2. The predicted octanol–water partition coefficient (Wildman–Crippen LogP) is 0.371. The van der Waals surface area contributed by atoms with Gasteiger partial charge in [0.05, 0.1) is 25.3 Å². The van der Waals surface area contributed by atoms with Crippen LogP contribution in [0.15, 0.2) is 60.7 Å². The van der Waals surface area contributed by atoms with E-state index in [0.717, 1.165) is 61.0 Å². The second-order valence-electron chi connectivity index (χ2n) is 7.27. The standard InChI is InChI=1S/2C11H14N2S2.Ni/c2*14-11(15)13-8-6-12(7-9-13)10-4-2-1-3-5-10;/h2*1-5H,6-9H2,(H,14,15);/q;;+2/p+4. The molecule has 0 aliphatic carbocycles. The molecule has 0 unspecified atom stereocenters. The smallest absolute Gasteiger partial charge is 0.369 e. The first-order chi connectivity index (χ1) is 14.5. The molecule has 4 nitrogen and oxygen atoms in total. The average molecular weight is 539 g/mol. The third-order valence-corrected chi connectivity index (χ3v) is 6.60. The van der Waals surface area contributed by atoms with Crippen LogP contribution in [0.4, 0.5) is 11.4 Å². The number of benzene rings is 2.